The van der Waals surface area contributed by atoms with Gasteiger partial charge < -0.3 is 19.6 Å². The van der Waals surface area contributed by atoms with Crippen molar-refractivity contribution in [2.45, 2.75) is 13.1 Å². The van der Waals surface area contributed by atoms with Crippen molar-refractivity contribution in [1.82, 2.24) is 14.5 Å². The van der Waals surface area contributed by atoms with Gasteiger partial charge in [-0.3, -0.25) is 14.4 Å². The van der Waals surface area contributed by atoms with Crippen molar-refractivity contribution >= 4 is 22.8 Å². The third kappa shape index (κ3) is 2.47. The largest absolute Gasteiger partial charge is 0.451 e. The van der Waals surface area contributed by atoms with Gasteiger partial charge in [0.15, 0.2) is 11.2 Å². The fourth-order valence-electron chi connectivity index (χ4n) is 3.00. The molecular weight excluding hydrogens is 324 g/mol. The van der Waals surface area contributed by atoms with Crippen LogP contribution in [0.5, 0.6) is 0 Å². The van der Waals surface area contributed by atoms with Gasteiger partial charge in [-0.05, 0) is 12.1 Å². The number of aromatic nitrogens is 2. The number of primary amides is 1. The molecule has 2 aromatic heterocycles. The Bertz CT molecular complexity index is 1070. The van der Waals surface area contributed by atoms with E-state index in [0.29, 0.717) is 35.6 Å². The fourth-order valence-corrected chi connectivity index (χ4v) is 3.00. The molecule has 0 spiro atoms. The summed E-state index contributed by atoms with van der Waals surface area (Å²) >= 11 is 0. The number of benzene rings is 1. The Morgan fingerprint density at radius 2 is 2.00 bits per heavy atom. The van der Waals surface area contributed by atoms with Crippen molar-refractivity contribution in [2.75, 3.05) is 6.54 Å². The Labute approximate surface area is 141 Å². The van der Waals surface area contributed by atoms with Crippen LogP contribution in [0.4, 0.5) is 0 Å². The molecule has 8 heteroatoms. The molecule has 0 unspecified atom stereocenters. The van der Waals surface area contributed by atoms with Crippen molar-refractivity contribution < 1.29 is 14.0 Å². The summed E-state index contributed by atoms with van der Waals surface area (Å²) in [5, 5.41) is 0.430. The summed E-state index contributed by atoms with van der Waals surface area (Å²) in [6.07, 6.45) is 1.40. The summed E-state index contributed by atoms with van der Waals surface area (Å²) in [6, 6.07) is 7.98. The van der Waals surface area contributed by atoms with Gasteiger partial charge in [-0.15, -0.1) is 0 Å². The van der Waals surface area contributed by atoms with Crippen LogP contribution in [0.15, 0.2) is 45.7 Å². The van der Waals surface area contributed by atoms with E-state index in [1.807, 2.05) is 0 Å². The summed E-state index contributed by atoms with van der Waals surface area (Å²) in [6.45, 7) is 0.971. The average molecular weight is 338 g/mol. The van der Waals surface area contributed by atoms with Crippen LogP contribution in [-0.2, 0) is 13.1 Å². The van der Waals surface area contributed by atoms with Crippen LogP contribution in [0.2, 0.25) is 0 Å². The van der Waals surface area contributed by atoms with Gasteiger partial charge >= 0.3 is 0 Å². The molecule has 2 amide bonds. The molecular formula is C17H14N4O4. The van der Waals surface area contributed by atoms with E-state index >= 15 is 0 Å². The van der Waals surface area contributed by atoms with Gasteiger partial charge in [0.2, 0.25) is 0 Å². The maximum atomic E-state index is 12.7. The molecule has 0 saturated carbocycles. The smallest absolute Gasteiger partial charge is 0.290 e. The molecule has 4 rings (SSSR count). The molecule has 126 valence electrons. The molecule has 0 bridgehead atoms. The van der Waals surface area contributed by atoms with Gasteiger partial charge in [-0.2, -0.15) is 0 Å². The van der Waals surface area contributed by atoms with E-state index in [1.54, 1.807) is 28.8 Å². The van der Waals surface area contributed by atoms with Gasteiger partial charge in [-0.25, -0.2) is 4.98 Å². The SMILES string of the molecule is NC(=O)c1cnc2n1CCN(C(=O)c1cc(=O)c3ccccc3o1)C2. The predicted octanol–water partition coefficient (Wildman–Crippen LogP) is 0.744. The van der Waals surface area contributed by atoms with Gasteiger partial charge in [0.1, 0.15) is 17.1 Å². The van der Waals surface area contributed by atoms with Gasteiger partial charge in [0, 0.05) is 19.2 Å². The first kappa shape index (κ1) is 15.1. The molecule has 0 aliphatic carbocycles. The number of nitrogens with zero attached hydrogens (tertiary/aromatic N) is 3. The summed E-state index contributed by atoms with van der Waals surface area (Å²) in [4.78, 5) is 41.9. The zero-order chi connectivity index (χ0) is 17.6. The predicted molar refractivity (Wildman–Crippen MR) is 88.0 cm³/mol. The first-order valence-electron chi connectivity index (χ1n) is 7.71. The lowest BCUT2D eigenvalue weighted by molar-refractivity contribution is 0.0674. The third-order valence-electron chi connectivity index (χ3n) is 4.25. The highest BCUT2D eigenvalue weighted by atomic mass is 16.3. The number of nitrogens with two attached hydrogens (primary N) is 1. The highest BCUT2D eigenvalue weighted by Gasteiger charge is 2.27. The summed E-state index contributed by atoms with van der Waals surface area (Å²) in [7, 11) is 0. The molecule has 0 radical (unpaired) electrons. The molecule has 25 heavy (non-hydrogen) atoms. The number of rotatable bonds is 2. The quantitative estimate of drug-likeness (QED) is 0.741. The van der Waals surface area contributed by atoms with Gasteiger partial charge in [-0.1, -0.05) is 12.1 Å². The van der Waals surface area contributed by atoms with E-state index in [4.69, 9.17) is 10.2 Å². The van der Waals surface area contributed by atoms with Gasteiger partial charge in [0.05, 0.1) is 18.1 Å². The van der Waals surface area contributed by atoms with Crippen molar-refractivity contribution in [3.63, 3.8) is 0 Å². The van der Waals surface area contributed by atoms with E-state index < -0.39 is 11.8 Å². The molecule has 1 aliphatic heterocycles. The molecule has 0 atom stereocenters. The Balaban J connectivity index is 1.66. The lowest BCUT2D eigenvalue weighted by Gasteiger charge is -2.27. The van der Waals surface area contributed by atoms with E-state index in [2.05, 4.69) is 4.98 Å². The Hall–Kier alpha value is -3.42. The van der Waals surface area contributed by atoms with E-state index in [0.717, 1.165) is 0 Å². The van der Waals surface area contributed by atoms with E-state index in [1.165, 1.54) is 17.2 Å². The molecule has 0 saturated heterocycles. The molecule has 3 aromatic rings. The number of amides is 2. The minimum absolute atomic E-state index is 0.0150. The van der Waals surface area contributed by atoms with Crippen molar-refractivity contribution in [2.24, 2.45) is 5.73 Å². The number of fused-ring (bicyclic) bond motifs is 2. The Morgan fingerprint density at radius 1 is 1.20 bits per heavy atom. The standard InChI is InChI=1S/C17H14N4O4/c18-16(23)11-8-19-15-9-20(5-6-21(11)15)17(24)14-7-12(22)10-3-1-2-4-13(10)25-14/h1-4,7-8H,5-6,9H2,(H2,18,23). The first-order chi connectivity index (χ1) is 12.0. The van der Waals surface area contributed by atoms with Crippen LogP contribution in [0.3, 0.4) is 0 Å². The molecule has 0 fully saturated rings. The van der Waals surface area contributed by atoms with Crippen LogP contribution in [0.1, 0.15) is 26.9 Å². The lowest BCUT2D eigenvalue weighted by Crippen LogP contribution is -2.39. The maximum absolute atomic E-state index is 12.7. The Kier molecular flexibility index (Phi) is 3.38. The summed E-state index contributed by atoms with van der Waals surface area (Å²) in [5.41, 5.74) is 5.73. The van der Waals surface area contributed by atoms with Crippen molar-refractivity contribution in [3.8, 4) is 0 Å². The summed E-state index contributed by atoms with van der Waals surface area (Å²) < 4.78 is 7.29. The fraction of sp³-hybridized carbons (Fsp3) is 0.176. The first-order valence-corrected chi connectivity index (χ1v) is 7.71. The number of hydrogen-bond acceptors (Lipinski definition) is 5. The second-order valence-corrected chi connectivity index (χ2v) is 5.77. The zero-order valence-electron chi connectivity index (χ0n) is 13.1. The number of imidazole rings is 1. The highest BCUT2D eigenvalue weighted by Crippen LogP contribution is 2.18. The van der Waals surface area contributed by atoms with Crippen LogP contribution in [0.25, 0.3) is 11.0 Å². The maximum Gasteiger partial charge on any atom is 0.290 e. The molecule has 8 nitrogen and oxygen atoms in total. The number of hydrogen-bond donors (Lipinski definition) is 1. The topological polar surface area (TPSA) is 111 Å². The lowest BCUT2D eigenvalue weighted by atomic mass is 10.2. The second kappa shape index (κ2) is 5.59. The number of carbonyl (C=O) groups is 2. The molecule has 2 N–H and O–H groups in total. The van der Waals surface area contributed by atoms with Crippen molar-refractivity contribution in [1.29, 1.82) is 0 Å². The van der Waals surface area contributed by atoms with Gasteiger partial charge in [0.25, 0.3) is 11.8 Å². The number of para-hydroxylation sites is 1. The Morgan fingerprint density at radius 3 is 2.80 bits per heavy atom. The van der Waals surface area contributed by atoms with Crippen LogP contribution in [0, 0.1) is 0 Å². The number of carbonyl (C=O) groups excluding carboxylic acids is 2. The molecule has 3 heterocycles. The molecule has 1 aliphatic rings. The van der Waals surface area contributed by atoms with Crippen LogP contribution in [-0.4, -0.2) is 32.8 Å². The zero-order valence-corrected chi connectivity index (χ0v) is 13.1. The average Bonchev–Trinajstić information content (AvgIpc) is 3.04. The molecule has 1 aromatic carbocycles. The normalized spacial score (nSPS) is 13.7. The van der Waals surface area contributed by atoms with Crippen LogP contribution < -0.4 is 11.2 Å². The highest BCUT2D eigenvalue weighted by molar-refractivity contribution is 5.93. The van der Waals surface area contributed by atoms with E-state index in [-0.39, 0.29) is 17.7 Å². The minimum Gasteiger partial charge on any atom is -0.451 e. The van der Waals surface area contributed by atoms with E-state index in [9.17, 15) is 14.4 Å². The second-order valence-electron chi connectivity index (χ2n) is 5.77. The van der Waals surface area contributed by atoms with Crippen molar-refractivity contribution in [3.05, 3.63) is 64.0 Å². The third-order valence-corrected chi connectivity index (χ3v) is 4.25. The van der Waals surface area contributed by atoms with Crippen LogP contribution >= 0.6 is 0 Å². The monoisotopic (exact) mass is 338 g/mol. The minimum atomic E-state index is -0.556. The summed E-state index contributed by atoms with van der Waals surface area (Å²) in [5.74, 6) is -0.396.